The van der Waals surface area contributed by atoms with Crippen LogP contribution >= 0.6 is 0 Å². The second-order valence-electron chi connectivity index (χ2n) is 2.95. The lowest BCUT2D eigenvalue weighted by molar-refractivity contribution is -0.139. The molecular formula is C9H5F2NO2. The summed E-state index contributed by atoms with van der Waals surface area (Å²) in [5, 5.41) is 2.03. The first-order chi connectivity index (χ1) is 6.55. The van der Waals surface area contributed by atoms with Gasteiger partial charge in [0.2, 0.25) is 0 Å². The number of nitrogens with one attached hydrogen (secondary N) is 1. The molecule has 0 atom stereocenters. The Labute approximate surface area is 77.7 Å². The summed E-state index contributed by atoms with van der Waals surface area (Å²) >= 11 is 0. The lowest BCUT2D eigenvalue weighted by Crippen LogP contribution is -2.23. The van der Waals surface area contributed by atoms with E-state index in [0.717, 1.165) is 6.07 Å². The molecule has 72 valence electrons. The second kappa shape index (κ2) is 2.60. The number of carbonyl (C=O) groups is 2. The number of hydrogen-bond donors (Lipinski definition) is 1. The zero-order chi connectivity index (χ0) is 10.3. The Bertz CT molecular complexity index is 429. The molecule has 0 unspecified atom stereocenters. The van der Waals surface area contributed by atoms with Crippen LogP contribution in [-0.4, -0.2) is 12.2 Å². The highest BCUT2D eigenvalue weighted by molar-refractivity contribution is 6.04. The van der Waals surface area contributed by atoms with Gasteiger partial charge in [-0.1, -0.05) is 0 Å². The van der Waals surface area contributed by atoms with Gasteiger partial charge in [-0.2, -0.15) is 8.78 Å². The van der Waals surface area contributed by atoms with E-state index in [4.69, 9.17) is 0 Å². The van der Waals surface area contributed by atoms with Crippen molar-refractivity contribution in [3.05, 3.63) is 29.3 Å². The lowest BCUT2D eigenvalue weighted by Gasteiger charge is -2.05. The van der Waals surface area contributed by atoms with Gasteiger partial charge in [0.05, 0.1) is 11.3 Å². The lowest BCUT2D eigenvalue weighted by atomic mass is 10.1. The summed E-state index contributed by atoms with van der Waals surface area (Å²) < 4.78 is 26.2. The van der Waals surface area contributed by atoms with Gasteiger partial charge in [-0.3, -0.25) is 9.59 Å². The molecule has 0 saturated carbocycles. The molecule has 1 aromatic carbocycles. The molecule has 0 radical (unpaired) electrons. The molecule has 0 bridgehead atoms. The first-order valence-corrected chi connectivity index (χ1v) is 3.84. The Morgan fingerprint density at radius 1 is 1.36 bits per heavy atom. The molecule has 5 heteroatoms. The number of rotatable bonds is 1. The molecule has 0 spiro atoms. The van der Waals surface area contributed by atoms with E-state index in [1.165, 1.54) is 12.1 Å². The second-order valence-corrected chi connectivity index (χ2v) is 2.95. The molecule has 1 N–H and O–H groups in total. The van der Waals surface area contributed by atoms with Crippen molar-refractivity contribution in [3.8, 4) is 0 Å². The minimum absolute atomic E-state index is 0.0607. The zero-order valence-corrected chi connectivity index (χ0v) is 6.88. The van der Waals surface area contributed by atoms with Crippen LogP contribution in [0.1, 0.15) is 15.9 Å². The maximum absolute atomic E-state index is 13.1. The largest absolute Gasteiger partial charge is 0.352 e. The van der Waals surface area contributed by atoms with Crippen LogP contribution in [0.3, 0.4) is 0 Å². The van der Waals surface area contributed by atoms with Gasteiger partial charge in [0.25, 0.3) is 5.91 Å². The van der Waals surface area contributed by atoms with E-state index in [1.807, 2.05) is 5.32 Å². The van der Waals surface area contributed by atoms with E-state index in [1.54, 1.807) is 0 Å². The van der Waals surface area contributed by atoms with E-state index in [2.05, 4.69) is 0 Å². The van der Waals surface area contributed by atoms with Gasteiger partial charge in [-0.25, -0.2) is 0 Å². The molecule has 1 heterocycles. The SMILES string of the molecule is O=Cc1ccc2c(c1)C(F)(F)C(=O)N2. The molecule has 2 rings (SSSR count). The predicted octanol–water partition coefficient (Wildman–Crippen LogP) is 1.54. The average Bonchev–Trinajstić information content (AvgIpc) is 2.38. The quantitative estimate of drug-likeness (QED) is 0.694. The fraction of sp³-hybridized carbons (Fsp3) is 0.111. The van der Waals surface area contributed by atoms with E-state index in [9.17, 15) is 18.4 Å². The molecule has 0 fully saturated rings. The number of halogens is 2. The van der Waals surface area contributed by atoms with Crippen LogP contribution in [-0.2, 0) is 10.7 Å². The molecule has 1 aliphatic heterocycles. The van der Waals surface area contributed by atoms with Crippen molar-refractivity contribution in [2.75, 3.05) is 5.32 Å². The van der Waals surface area contributed by atoms with Gasteiger partial charge in [-0.05, 0) is 18.2 Å². The van der Waals surface area contributed by atoms with Crippen molar-refractivity contribution in [2.24, 2.45) is 0 Å². The van der Waals surface area contributed by atoms with Gasteiger partial charge in [-0.15, -0.1) is 0 Å². The highest BCUT2D eigenvalue weighted by Gasteiger charge is 2.48. The zero-order valence-electron chi connectivity index (χ0n) is 6.88. The van der Waals surface area contributed by atoms with E-state index in [-0.39, 0.29) is 11.3 Å². The Hall–Kier alpha value is -1.78. The molecule has 14 heavy (non-hydrogen) atoms. The van der Waals surface area contributed by atoms with Crippen molar-refractivity contribution in [2.45, 2.75) is 5.92 Å². The van der Waals surface area contributed by atoms with Crippen LogP contribution in [0.25, 0.3) is 0 Å². The van der Waals surface area contributed by atoms with E-state index < -0.39 is 17.4 Å². The van der Waals surface area contributed by atoms with E-state index >= 15 is 0 Å². The first-order valence-electron chi connectivity index (χ1n) is 3.84. The summed E-state index contributed by atoms with van der Waals surface area (Å²) in [7, 11) is 0. The molecule has 0 aliphatic carbocycles. The first kappa shape index (κ1) is 8.80. The third kappa shape index (κ3) is 1.02. The standard InChI is InChI=1S/C9H5F2NO2/c10-9(11)6-3-5(4-13)1-2-7(6)12-8(9)14/h1-4H,(H,12,14). The summed E-state index contributed by atoms with van der Waals surface area (Å²) in [5.41, 5.74) is -0.252. The summed E-state index contributed by atoms with van der Waals surface area (Å²) in [6, 6.07) is 3.67. The average molecular weight is 197 g/mol. The number of aldehydes is 1. The van der Waals surface area contributed by atoms with Crippen molar-refractivity contribution < 1.29 is 18.4 Å². The van der Waals surface area contributed by atoms with Crippen LogP contribution in [0, 0.1) is 0 Å². The molecule has 1 aliphatic rings. The summed E-state index contributed by atoms with van der Waals surface area (Å²) in [4.78, 5) is 21.2. The van der Waals surface area contributed by atoms with Gasteiger partial charge in [0.1, 0.15) is 6.29 Å². The van der Waals surface area contributed by atoms with Crippen LogP contribution in [0.5, 0.6) is 0 Å². The van der Waals surface area contributed by atoms with Crippen molar-refractivity contribution in [3.63, 3.8) is 0 Å². The molecule has 0 aromatic heterocycles. The third-order valence-electron chi connectivity index (χ3n) is 2.05. The number of fused-ring (bicyclic) bond motifs is 1. The van der Waals surface area contributed by atoms with Crippen LogP contribution < -0.4 is 5.32 Å². The fourth-order valence-corrected chi connectivity index (χ4v) is 1.33. The molecule has 1 aromatic rings. The molecule has 0 saturated heterocycles. The van der Waals surface area contributed by atoms with Crippen LogP contribution in [0.2, 0.25) is 0 Å². The van der Waals surface area contributed by atoms with E-state index in [0.29, 0.717) is 6.29 Å². The summed E-state index contributed by atoms with van der Waals surface area (Å²) in [6.45, 7) is 0. The van der Waals surface area contributed by atoms with Crippen molar-refractivity contribution in [1.29, 1.82) is 0 Å². The predicted molar refractivity (Wildman–Crippen MR) is 44.4 cm³/mol. The maximum Gasteiger partial charge on any atom is 0.352 e. The topological polar surface area (TPSA) is 46.2 Å². The number of anilines is 1. The molecule has 3 nitrogen and oxygen atoms in total. The Kier molecular flexibility index (Phi) is 1.64. The minimum Gasteiger partial charge on any atom is -0.320 e. The van der Waals surface area contributed by atoms with Gasteiger partial charge >= 0.3 is 5.92 Å². The summed E-state index contributed by atoms with van der Waals surface area (Å²) in [5.74, 6) is -4.88. The van der Waals surface area contributed by atoms with Gasteiger partial charge in [0, 0.05) is 5.56 Å². The monoisotopic (exact) mass is 197 g/mol. The Balaban J connectivity index is 2.62. The highest BCUT2D eigenvalue weighted by Crippen LogP contribution is 2.40. The Morgan fingerprint density at radius 2 is 2.07 bits per heavy atom. The van der Waals surface area contributed by atoms with Crippen molar-refractivity contribution in [1.82, 2.24) is 0 Å². The summed E-state index contributed by atoms with van der Waals surface area (Å²) in [6.07, 6.45) is 0.457. The van der Waals surface area contributed by atoms with Gasteiger partial charge < -0.3 is 5.32 Å². The number of carbonyl (C=O) groups excluding carboxylic acids is 2. The number of alkyl halides is 2. The Morgan fingerprint density at radius 3 is 2.71 bits per heavy atom. The minimum atomic E-state index is -3.53. The highest BCUT2D eigenvalue weighted by atomic mass is 19.3. The smallest absolute Gasteiger partial charge is 0.320 e. The van der Waals surface area contributed by atoms with Gasteiger partial charge in [0.15, 0.2) is 0 Å². The van der Waals surface area contributed by atoms with Crippen molar-refractivity contribution >= 4 is 17.9 Å². The van der Waals surface area contributed by atoms with Crippen LogP contribution in [0.4, 0.5) is 14.5 Å². The number of hydrogen-bond acceptors (Lipinski definition) is 2. The van der Waals surface area contributed by atoms with Crippen LogP contribution in [0.15, 0.2) is 18.2 Å². The number of benzene rings is 1. The third-order valence-corrected chi connectivity index (χ3v) is 2.05. The molecular weight excluding hydrogens is 192 g/mol. The number of amides is 1. The maximum atomic E-state index is 13.1. The normalized spacial score (nSPS) is 17.4. The molecule has 1 amide bonds. The fourth-order valence-electron chi connectivity index (χ4n) is 1.33.